The van der Waals surface area contributed by atoms with Crippen LogP contribution >= 0.6 is 0 Å². The molecule has 0 saturated heterocycles. The third kappa shape index (κ3) is 3.98. The van der Waals surface area contributed by atoms with Gasteiger partial charge in [0.1, 0.15) is 17.4 Å². The van der Waals surface area contributed by atoms with Crippen molar-refractivity contribution in [1.82, 2.24) is 9.97 Å². The highest BCUT2D eigenvalue weighted by Crippen LogP contribution is 2.23. The number of nitro groups is 1. The van der Waals surface area contributed by atoms with Crippen LogP contribution in [0.5, 0.6) is 0 Å². The topological polar surface area (TPSA) is 137 Å². The molecule has 3 rings (SSSR count). The SMILES string of the molecule is Cc1c([N+](=O)[O-])ccc(F)c1C=NNc1nc(-c2ccccc2)c(C#N)c(=O)[nH]1. The van der Waals surface area contributed by atoms with Crippen molar-refractivity contribution >= 4 is 17.9 Å². The number of aromatic nitrogens is 2. The zero-order chi connectivity index (χ0) is 21.0. The molecule has 0 atom stereocenters. The molecule has 10 heteroatoms. The van der Waals surface area contributed by atoms with E-state index in [0.717, 1.165) is 18.3 Å². The number of hydrogen-bond donors (Lipinski definition) is 2. The summed E-state index contributed by atoms with van der Waals surface area (Å²) in [6, 6.07) is 12.5. The van der Waals surface area contributed by atoms with Crippen molar-refractivity contribution < 1.29 is 9.31 Å². The number of aromatic amines is 1. The fourth-order valence-corrected chi connectivity index (χ4v) is 2.63. The Morgan fingerprint density at radius 2 is 2.03 bits per heavy atom. The van der Waals surface area contributed by atoms with Crippen LogP contribution in [-0.4, -0.2) is 21.1 Å². The highest BCUT2D eigenvalue weighted by atomic mass is 19.1. The molecule has 1 heterocycles. The highest BCUT2D eigenvalue weighted by Gasteiger charge is 2.16. The predicted molar refractivity (Wildman–Crippen MR) is 104 cm³/mol. The Morgan fingerprint density at radius 1 is 1.31 bits per heavy atom. The van der Waals surface area contributed by atoms with E-state index in [1.807, 2.05) is 6.07 Å². The Balaban J connectivity index is 1.96. The minimum Gasteiger partial charge on any atom is -0.290 e. The van der Waals surface area contributed by atoms with Crippen molar-refractivity contribution in [2.45, 2.75) is 6.92 Å². The largest absolute Gasteiger partial charge is 0.290 e. The summed E-state index contributed by atoms with van der Waals surface area (Å²) in [5.41, 5.74) is 2.12. The van der Waals surface area contributed by atoms with Gasteiger partial charge in [0.2, 0.25) is 5.95 Å². The Hall–Kier alpha value is -4.39. The molecular formula is C19H13FN6O3. The molecule has 9 nitrogen and oxygen atoms in total. The number of hydrogen-bond acceptors (Lipinski definition) is 7. The Morgan fingerprint density at radius 3 is 2.69 bits per heavy atom. The monoisotopic (exact) mass is 392 g/mol. The Kier molecular flexibility index (Phi) is 5.41. The molecular weight excluding hydrogens is 379 g/mol. The molecule has 29 heavy (non-hydrogen) atoms. The number of anilines is 1. The van der Waals surface area contributed by atoms with Gasteiger partial charge in [-0.15, -0.1) is 0 Å². The van der Waals surface area contributed by atoms with Crippen molar-refractivity contribution in [3.8, 4) is 17.3 Å². The van der Waals surface area contributed by atoms with E-state index in [2.05, 4.69) is 20.5 Å². The summed E-state index contributed by atoms with van der Waals surface area (Å²) in [6.07, 6.45) is 1.05. The molecule has 0 spiro atoms. The van der Waals surface area contributed by atoms with E-state index in [0.29, 0.717) is 5.56 Å². The predicted octanol–water partition coefficient (Wildman–Crippen LogP) is 3.11. The van der Waals surface area contributed by atoms with Crippen molar-refractivity contribution in [3.05, 3.63) is 85.4 Å². The molecule has 0 bridgehead atoms. The zero-order valence-corrected chi connectivity index (χ0v) is 15.0. The van der Waals surface area contributed by atoms with Crippen LogP contribution in [0.25, 0.3) is 11.3 Å². The summed E-state index contributed by atoms with van der Waals surface area (Å²) >= 11 is 0. The molecule has 2 aromatic carbocycles. The van der Waals surface area contributed by atoms with Crippen molar-refractivity contribution in [2.24, 2.45) is 5.10 Å². The van der Waals surface area contributed by atoms with Gasteiger partial charge in [0.05, 0.1) is 16.8 Å². The van der Waals surface area contributed by atoms with E-state index >= 15 is 0 Å². The summed E-state index contributed by atoms with van der Waals surface area (Å²) in [4.78, 5) is 29.1. The quantitative estimate of drug-likeness (QED) is 0.389. The first-order valence-corrected chi connectivity index (χ1v) is 8.24. The van der Waals surface area contributed by atoms with Crippen LogP contribution < -0.4 is 11.0 Å². The van der Waals surface area contributed by atoms with Crippen LogP contribution in [0.4, 0.5) is 16.0 Å². The number of H-pyrrole nitrogens is 1. The average Bonchev–Trinajstić information content (AvgIpc) is 2.70. The standard InChI is InChI=1S/C19H13FN6O3/c1-11-14(15(20)7-8-16(11)26(28)29)10-22-25-19-23-17(12-5-3-2-4-6-12)13(9-21)18(27)24-19/h2-8,10H,1H3,(H2,23,24,25,27). The maximum absolute atomic E-state index is 14.0. The van der Waals surface area contributed by atoms with Crippen LogP contribution in [0.2, 0.25) is 0 Å². The lowest BCUT2D eigenvalue weighted by atomic mass is 10.1. The number of nitro benzene ring substituents is 1. The lowest BCUT2D eigenvalue weighted by molar-refractivity contribution is -0.385. The number of halogens is 1. The van der Waals surface area contributed by atoms with E-state index in [-0.39, 0.29) is 34.0 Å². The van der Waals surface area contributed by atoms with Gasteiger partial charge in [0.25, 0.3) is 11.2 Å². The molecule has 0 aliphatic rings. The molecule has 0 aliphatic heterocycles. The van der Waals surface area contributed by atoms with Gasteiger partial charge in [0, 0.05) is 22.8 Å². The number of nitrogens with one attached hydrogen (secondary N) is 2. The Labute approximate surface area is 163 Å². The molecule has 0 aliphatic carbocycles. The summed E-state index contributed by atoms with van der Waals surface area (Å²) in [6.45, 7) is 1.40. The van der Waals surface area contributed by atoms with Gasteiger partial charge in [-0.05, 0) is 13.0 Å². The van der Waals surface area contributed by atoms with Gasteiger partial charge in [0.15, 0.2) is 0 Å². The molecule has 2 N–H and O–H groups in total. The number of nitriles is 1. The van der Waals surface area contributed by atoms with Gasteiger partial charge in [-0.25, -0.2) is 14.8 Å². The lowest BCUT2D eigenvalue weighted by Gasteiger charge is -2.06. The van der Waals surface area contributed by atoms with E-state index < -0.39 is 16.3 Å². The minimum absolute atomic E-state index is 0.0763. The number of nitrogens with zero attached hydrogens (tertiary/aromatic N) is 4. The summed E-state index contributed by atoms with van der Waals surface area (Å²) in [7, 11) is 0. The molecule has 0 fully saturated rings. The summed E-state index contributed by atoms with van der Waals surface area (Å²) < 4.78 is 14.0. The second-order valence-electron chi connectivity index (χ2n) is 5.85. The van der Waals surface area contributed by atoms with Gasteiger partial charge in [-0.3, -0.25) is 19.9 Å². The molecule has 0 amide bonds. The second-order valence-corrected chi connectivity index (χ2v) is 5.85. The van der Waals surface area contributed by atoms with Crippen LogP contribution in [0, 0.1) is 34.2 Å². The lowest BCUT2D eigenvalue weighted by Crippen LogP contribution is -2.16. The van der Waals surface area contributed by atoms with Gasteiger partial charge < -0.3 is 0 Å². The zero-order valence-electron chi connectivity index (χ0n) is 15.0. The van der Waals surface area contributed by atoms with Crippen LogP contribution in [-0.2, 0) is 0 Å². The first kappa shape index (κ1) is 19.4. The normalized spacial score (nSPS) is 10.7. The van der Waals surface area contributed by atoms with Crippen LogP contribution in [0.3, 0.4) is 0 Å². The van der Waals surface area contributed by atoms with Crippen molar-refractivity contribution in [1.29, 1.82) is 5.26 Å². The maximum Gasteiger partial charge on any atom is 0.273 e. The first-order chi connectivity index (χ1) is 13.9. The number of hydrazone groups is 1. The van der Waals surface area contributed by atoms with Gasteiger partial charge in [-0.1, -0.05) is 30.3 Å². The summed E-state index contributed by atoms with van der Waals surface area (Å²) in [5.74, 6) is -0.766. The van der Waals surface area contributed by atoms with Crippen molar-refractivity contribution in [3.63, 3.8) is 0 Å². The van der Waals surface area contributed by atoms with Gasteiger partial charge in [-0.2, -0.15) is 10.4 Å². The Bertz CT molecular complexity index is 1220. The maximum atomic E-state index is 14.0. The molecule has 0 saturated carbocycles. The molecule has 0 radical (unpaired) electrons. The third-order valence-corrected chi connectivity index (χ3v) is 4.07. The van der Waals surface area contributed by atoms with E-state index in [1.165, 1.54) is 6.92 Å². The molecule has 0 unspecified atom stereocenters. The van der Waals surface area contributed by atoms with E-state index in [1.54, 1.807) is 30.3 Å². The second kappa shape index (κ2) is 8.10. The van der Waals surface area contributed by atoms with Gasteiger partial charge >= 0.3 is 0 Å². The fraction of sp³-hybridized carbons (Fsp3) is 0.0526. The smallest absolute Gasteiger partial charge is 0.273 e. The molecule has 144 valence electrons. The minimum atomic E-state index is -0.690. The fourth-order valence-electron chi connectivity index (χ4n) is 2.63. The van der Waals surface area contributed by atoms with Crippen LogP contribution in [0.15, 0.2) is 52.4 Å². The average molecular weight is 392 g/mol. The van der Waals surface area contributed by atoms with Crippen LogP contribution in [0.1, 0.15) is 16.7 Å². The number of benzene rings is 2. The molecule has 1 aromatic heterocycles. The first-order valence-electron chi connectivity index (χ1n) is 8.24. The third-order valence-electron chi connectivity index (χ3n) is 4.07. The highest BCUT2D eigenvalue weighted by molar-refractivity contribution is 5.84. The van der Waals surface area contributed by atoms with Crippen molar-refractivity contribution in [2.75, 3.05) is 5.43 Å². The summed E-state index contributed by atoms with van der Waals surface area (Å²) in [5, 5.41) is 24.1. The molecule has 3 aromatic rings. The van der Waals surface area contributed by atoms with E-state index in [4.69, 9.17) is 0 Å². The number of rotatable bonds is 5. The van der Waals surface area contributed by atoms with E-state index in [9.17, 15) is 24.6 Å².